The van der Waals surface area contributed by atoms with Crippen molar-refractivity contribution in [1.82, 2.24) is 4.90 Å². The van der Waals surface area contributed by atoms with Crippen LogP contribution in [-0.4, -0.2) is 41.4 Å². The number of amides is 2. The van der Waals surface area contributed by atoms with Crippen LogP contribution in [0, 0.1) is 5.92 Å². The first-order valence-electron chi connectivity index (χ1n) is 9.03. The SMILES string of the molecule is CC(=O)N1CCC(CC(=O)c2ccc(NC(=O)OC(C)(C)C)cc2)CC1. The molecule has 0 saturated carbocycles. The van der Waals surface area contributed by atoms with Gasteiger partial charge in [0.15, 0.2) is 5.78 Å². The Hall–Kier alpha value is -2.37. The number of nitrogens with zero attached hydrogens (tertiary/aromatic N) is 1. The number of likely N-dealkylation sites (tertiary alicyclic amines) is 1. The average molecular weight is 360 g/mol. The molecule has 0 spiro atoms. The maximum Gasteiger partial charge on any atom is 0.412 e. The normalized spacial score (nSPS) is 15.5. The molecule has 2 rings (SSSR count). The largest absolute Gasteiger partial charge is 0.444 e. The molecule has 1 fully saturated rings. The molecule has 2 amide bonds. The van der Waals surface area contributed by atoms with Crippen LogP contribution in [0.4, 0.5) is 10.5 Å². The molecule has 1 N–H and O–H groups in total. The van der Waals surface area contributed by atoms with Crippen LogP contribution in [0.25, 0.3) is 0 Å². The molecule has 0 aromatic heterocycles. The summed E-state index contributed by atoms with van der Waals surface area (Å²) in [6, 6.07) is 6.85. The van der Waals surface area contributed by atoms with E-state index in [1.165, 1.54) is 0 Å². The summed E-state index contributed by atoms with van der Waals surface area (Å²) in [6.45, 7) is 8.44. The fourth-order valence-corrected chi connectivity index (χ4v) is 2.99. The standard InChI is InChI=1S/C20H28N2O4/c1-14(23)22-11-9-15(10-12-22)13-18(24)16-5-7-17(8-6-16)21-19(25)26-20(2,3)4/h5-8,15H,9-13H2,1-4H3,(H,21,25). The van der Waals surface area contributed by atoms with E-state index in [4.69, 9.17) is 4.74 Å². The number of piperidine rings is 1. The fraction of sp³-hybridized carbons (Fsp3) is 0.550. The van der Waals surface area contributed by atoms with Crippen molar-refractivity contribution in [3.8, 4) is 0 Å². The van der Waals surface area contributed by atoms with Crippen LogP contribution in [0.15, 0.2) is 24.3 Å². The van der Waals surface area contributed by atoms with Crippen LogP contribution in [0.2, 0.25) is 0 Å². The minimum absolute atomic E-state index is 0.0927. The van der Waals surface area contributed by atoms with Crippen LogP contribution >= 0.6 is 0 Å². The molecule has 6 heteroatoms. The highest BCUT2D eigenvalue weighted by Crippen LogP contribution is 2.23. The Morgan fingerprint density at radius 2 is 1.69 bits per heavy atom. The van der Waals surface area contributed by atoms with Gasteiger partial charge in [-0.15, -0.1) is 0 Å². The number of nitrogens with one attached hydrogen (secondary N) is 1. The number of hydrogen-bond donors (Lipinski definition) is 1. The van der Waals surface area contributed by atoms with E-state index in [0.717, 1.165) is 25.9 Å². The molecular formula is C20H28N2O4. The third kappa shape index (κ3) is 6.17. The van der Waals surface area contributed by atoms with Crippen LogP contribution < -0.4 is 5.32 Å². The Morgan fingerprint density at radius 1 is 1.12 bits per heavy atom. The van der Waals surface area contributed by atoms with Gasteiger partial charge in [-0.05, 0) is 63.8 Å². The molecule has 1 aromatic carbocycles. The molecule has 0 bridgehead atoms. The lowest BCUT2D eigenvalue weighted by Gasteiger charge is -2.30. The monoisotopic (exact) mass is 360 g/mol. The Labute approximate surface area is 154 Å². The summed E-state index contributed by atoms with van der Waals surface area (Å²) in [5, 5.41) is 2.65. The number of benzene rings is 1. The van der Waals surface area contributed by atoms with Crippen molar-refractivity contribution in [2.75, 3.05) is 18.4 Å². The van der Waals surface area contributed by atoms with Crippen molar-refractivity contribution < 1.29 is 19.1 Å². The second-order valence-corrected chi connectivity index (χ2v) is 7.78. The topological polar surface area (TPSA) is 75.7 Å². The lowest BCUT2D eigenvalue weighted by Crippen LogP contribution is -2.37. The number of carbonyl (C=O) groups is 3. The van der Waals surface area contributed by atoms with Gasteiger partial charge in [0.1, 0.15) is 5.60 Å². The molecule has 1 heterocycles. The predicted octanol–water partition coefficient (Wildman–Crippen LogP) is 3.86. The first-order valence-corrected chi connectivity index (χ1v) is 9.03. The highest BCUT2D eigenvalue weighted by molar-refractivity contribution is 5.97. The molecule has 1 aliphatic heterocycles. The van der Waals surface area contributed by atoms with Gasteiger partial charge in [-0.2, -0.15) is 0 Å². The van der Waals surface area contributed by atoms with Gasteiger partial charge in [0.05, 0.1) is 0 Å². The second-order valence-electron chi connectivity index (χ2n) is 7.78. The Kier molecular flexibility index (Phi) is 6.40. The Morgan fingerprint density at radius 3 is 2.19 bits per heavy atom. The summed E-state index contributed by atoms with van der Waals surface area (Å²) in [5.74, 6) is 0.510. The highest BCUT2D eigenvalue weighted by Gasteiger charge is 2.23. The maximum atomic E-state index is 12.5. The summed E-state index contributed by atoms with van der Waals surface area (Å²) in [5.41, 5.74) is 0.664. The van der Waals surface area contributed by atoms with E-state index in [-0.39, 0.29) is 11.7 Å². The smallest absolute Gasteiger partial charge is 0.412 e. The quantitative estimate of drug-likeness (QED) is 0.827. The van der Waals surface area contributed by atoms with Gasteiger partial charge < -0.3 is 9.64 Å². The first-order chi connectivity index (χ1) is 12.1. The average Bonchev–Trinajstić information content (AvgIpc) is 2.54. The zero-order chi connectivity index (χ0) is 19.3. The molecule has 0 radical (unpaired) electrons. The van der Waals surface area contributed by atoms with E-state index in [1.807, 2.05) is 4.90 Å². The number of Topliss-reactive ketones (excluding diaryl/α,β-unsaturated/α-hetero) is 1. The number of anilines is 1. The van der Waals surface area contributed by atoms with Crippen molar-refractivity contribution in [1.29, 1.82) is 0 Å². The molecule has 0 unspecified atom stereocenters. The predicted molar refractivity (Wildman–Crippen MR) is 100 cm³/mol. The maximum absolute atomic E-state index is 12.5. The van der Waals surface area contributed by atoms with Gasteiger partial charge in [-0.3, -0.25) is 14.9 Å². The van der Waals surface area contributed by atoms with Crippen molar-refractivity contribution in [3.63, 3.8) is 0 Å². The van der Waals surface area contributed by atoms with Crippen LogP contribution in [-0.2, 0) is 9.53 Å². The van der Waals surface area contributed by atoms with Crippen molar-refractivity contribution >= 4 is 23.5 Å². The lowest BCUT2D eigenvalue weighted by atomic mass is 9.90. The molecule has 142 valence electrons. The minimum Gasteiger partial charge on any atom is -0.444 e. The highest BCUT2D eigenvalue weighted by atomic mass is 16.6. The molecule has 1 aliphatic rings. The Balaban J connectivity index is 1.85. The van der Waals surface area contributed by atoms with E-state index in [2.05, 4.69) is 5.32 Å². The van der Waals surface area contributed by atoms with Crippen LogP contribution in [0.5, 0.6) is 0 Å². The van der Waals surface area contributed by atoms with Crippen molar-refractivity contribution in [2.45, 2.75) is 52.6 Å². The third-order valence-electron chi connectivity index (χ3n) is 4.39. The number of carbonyl (C=O) groups excluding carboxylic acids is 3. The van der Waals surface area contributed by atoms with Gasteiger partial charge in [0, 0.05) is 37.7 Å². The first kappa shape index (κ1) is 19.9. The van der Waals surface area contributed by atoms with Crippen molar-refractivity contribution in [3.05, 3.63) is 29.8 Å². The summed E-state index contributed by atoms with van der Waals surface area (Å²) in [6.07, 6.45) is 1.70. The summed E-state index contributed by atoms with van der Waals surface area (Å²) in [4.78, 5) is 37.4. The molecule has 1 saturated heterocycles. The molecule has 26 heavy (non-hydrogen) atoms. The zero-order valence-electron chi connectivity index (χ0n) is 16.0. The molecular weight excluding hydrogens is 332 g/mol. The van der Waals surface area contributed by atoms with Gasteiger partial charge in [0.2, 0.25) is 5.91 Å². The zero-order valence-corrected chi connectivity index (χ0v) is 16.0. The molecule has 6 nitrogen and oxygen atoms in total. The van der Waals surface area contributed by atoms with Gasteiger partial charge in [-0.25, -0.2) is 4.79 Å². The number of rotatable bonds is 4. The van der Waals surface area contributed by atoms with E-state index in [9.17, 15) is 14.4 Å². The van der Waals surface area contributed by atoms with Gasteiger partial charge in [0.25, 0.3) is 0 Å². The fourth-order valence-electron chi connectivity index (χ4n) is 2.99. The van der Waals surface area contributed by atoms with Gasteiger partial charge in [-0.1, -0.05) is 0 Å². The van der Waals surface area contributed by atoms with E-state index < -0.39 is 11.7 Å². The van der Waals surface area contributed by atoms with Gasteiger partial charge >= 0.3 is 6.09 Å². The van der Waals surface area contributed by atoms with Crippen LogP contribution in [0.3, 0.4) is 0 Å². The second kappa shape index (κ2) is 8.34. The number of ether oxygens (including phenoxy) is 1. The Bertz CT molecular complexity index is 653. The molecule has 1 aromatic rings. The lowest BCUT2D eigenvalue weighted by molar-refractivity contribution is -0.130. The van der Waals surface area contributed by atoms with Crippen molar-refractivity contribution in [2.24, 2.45) is 5.92 Å². The number of ketones is 1. The summed E-state index contributed by atoms with van der Waals surface area (Å²) >= 11 is 0. The van der Waals surface area contributed by atoms with E-state index in [1.54, 1.807) is 52.0 Å². The van der Waals surface area contributed by atoms with Crippen LogP contribution in [0.1, 0.15) is 57.3 Å². The summed E-state index contributed by atoms with van der Waals surface area (Å²) < 4.78 is 5.20. The third-order valence-corrected chi connectivity index (χ3v) is 4.39. The molecule has 0 aliphatic carbocycles. The summed E-state index contributed by atoms with van der Waals surface area (Å²) in [7, 11) is 0. The van der Waals surface area contributed by atoms with E-state index in [0.29, 0.717) is 23.6 Å². The van der Waals surface area contributed by atoms with E-state index >= 15 is 0 Å². The minimum atomic E-state index is -0.558. The number of hydrogen-bond acceptors (Lipinski definition) is 4. The molecule has 0 atom stereocenters.